The highest BCUT2D eigenvalue weighted by molar-refractivity contribution is 9.09. The van der Waals surface area contributed by atoms with Crippen LogP contribution in [0.3, 0.4) is 0 Å². The van der Waals surface area contributed by atoms with Crippen LogP contribution in [-0.4, -0.2) is 31.5 Å². The fourth-order valence-corrected chi connectivity index (χ4v) is 2.22. The Hall–Kier alpha value is -1.23. The average molecular weight is 316 g/mol. The lowest BCUT2D eigenvalue weighted by atomic mass is 10.1. The van der Waals surface area contributed by atoms with Crippen LogP contribution in [-0.2, 0) is 0 Å². The van der Waals surface area contributed by atoms with Gasteiger partial charge in [0.15, 0.2) is 0 Å². The Morgan fingerprint density at radius 2 is 2.11 bits per heavy atom. The normalized spacial score (nSPS) is 11.8. The molecule has 1 unspecified atom stereocenters. The van der Waals surface area contributed by atoms with E-state index in [1.54, 1.807) is 32.4 Å². The lowest BCUT2D eigenvalue weighted by molar-refractivity contribution is 0.0936. The van der Waals surface area contributed by atoms with Gasteiger partial charge in [0.1, 0.15) is 11.5 Å². The Bertz CT molecular complexity index is 409. The van der Waals surface area contributed by atoms with Crippen LogP contribution < -0.4 is 14.8 Å². The van der Waals surface area contributed by atoms with Crippen LogP contribution in [0.1, 0.15) is 23.7 Å². The number of carbonyl (C=O) groups is 1. The van der Waals surface area contributed by atoms with Gasteiger partial charge in [0.25, 0.3) is 5.91 Å². The second-order valence-corrected chi connectivity index (χ2v) is 4.71. The first-order valence-electron chi connectivity index (χ1n) is 5.71. The molecule has 1 aromatic carbocycles. The number of hydrogen-bond donors (Lipinski definition) is 1. The molecule has 0 fully saturated rings. The Labute approximate surface area is 116 Å². The molecule has 1 atom stereocenters. The maximum Gasteiger partial charge on any atom is 0.255 e. The van der Waals surface area contributed by atoms with Crippen molar-refractivity contribution in [1.29, 1.82) is 0 Å². The summed E-state index contributed by atoms with van der Waals surface area (Å²) in [6, 6.07) is 5.27. The molecule has 100 valence electrons. The first-order valence-corrected chi connectivity index (χ1v) is 6.83. The number of amides is 1. The first-order chi connectivity index (χ1) is 8.62. The topological polar surface area (TPSA) is 47.6 Å². The summed E-state index contributed by atoms with van der Waals surface area (Å²) in [4.78, 5) is 12.1. The molecule has 0 bridgehead atoms. The third-order valence-electron chi connectivity index (χ3n) is 2.57. The van der Waals surface area contributed by atoms with Gasteiger partial charge in [0.05, 0.1) is 19.8 Å². The fraction of sp³-hybridized carbons (Fsp3) is 0.462. The molecule has 0 saturated carbocycles. The fourth-order valence-electron chi connectivity index (χ4n) is 1.53. The van der Waals surface area contributed by atoms with Gasteiger partial charge in [-0.2, -0.15) is 0 Å². The second kappa shape index (κ2) is 7.26. The molecule has 0 aliphatic carbocycles. The van der Waals surface area contributed by atoms with Crippen molar-refractivity contribution in [2.45, 2.75) is 19.4 Å². The van der Waals surface area contributed by atoms with E-state index in [4.69, 9.17) is 9.47 Å². The van der Waals surface area contributed by atoms with Gasteiger partial charge in [-0.05, 0) is 31.5 Å². The number of ether oxygens (including phenoxy) is 2. The van der Waals surface area contributed by atoms with Gasteiger partial charge in [-0.3, -0.25) is 4.79 Å². The number of alkyl halides is 1. The van der Waals surface area contributed by atoms with Crippen molar-refractivity contribution in [2.24, 2.45) is 0 Å². The number of hydrogen-bond acceptors (Lipinski definition) is 3. The molecule has 0 spiro atoms. The maximum atomic E-state index is 12.1. The molecule has 0 aromatic heterocycles. The third kappa shape index (κ3) is 3.91. The van der Waals surface area contributed by atoms with Crippen molar-refractivity contribution in [3.05, 3.63) is 23.8 Å². The summed E-state index contributed by atoms with van der Waals surface area (Å²) >= 11 is 3.35. The monoisotopic (exact) mass is 315 g/mol. The smallest absolute Gasteiger partial charge is 0.255 e. The maximum absolute atomic E-state index is 12.1. The molecule has 18 heavy (non-hydrogen) atoms. The largest absolute Gasteiger partial charge is 0.497 e. The number of benzene rings is 1. The van der Waals surface area contributed by atoms with E-state index in [-0.39, 0.29) is 11.9 Å². The number of rotatable bonds is 6. The highest BCUT2D eigenvalue weighted by Gasteiger charge is 2.15. The summed E-state index contributed by atoms with van der Waals surface area (Å²) in [7, 11) is 3.11. The van der Waals surface area contributed by atoms with Crippen LogP contribution in [0, 0.1) is 0 Å². The highest BCUT2D eigenvalue weighted by atomic mass is 79.9. The Kier molecular flexibility index (Phi) is 5.98. The number of carbonyl (C=O) groups excluding carboxylic acids is 1. The summed E-state index contributed by atoms with van der Waals surface area (Å²) in [5, 5.41) is 3.77. The Balaban J connectivity index is 2.88. The van der Waals surface area contributed by atoms with Gasteiger partial charge in [-0.25, -0.2) is 0 Å². The molecule has 5 heteroatoms. The minimum atomic E-state index is -0.154. The zero-order valence-corrected chi connectivity index (χ0v) is 12.4. The molecule has 0 saturated heterocycles. The van der Waals surface area contributed by atoms with E-state index in [2.05, 4.69) is 21.2 Å². The summed E-state index contributed by atoms with van der Waals surface area (Å²) < 4.78 is 10.3. The van der Waals surface area contributed by atoms with Crippen LogP contribution in [0.15, 0.2) is 18.2 Å². The van der Waals surface area contributed by atoms with Gasteiger partial charge < -0.3 is 14.8 Å². The van der Waals surface area contributed by atoms with Crippen LogP contribution >= 0.6 is 15.9 Å². The van der Waals surface area contributed by atoms with Gasteiger partial charge >= 0.3 is 0 Å². The van der Waals surface area contributed by atoms with E-state index in [1.807, 2.05) is 6.92 Å². The van der Waals surface area contributed by atoms with E-state index >= 15 is 0 Å². The van der Waals surface area contributed by atoms with Crippen molar-refractivity contribution >= 4 is 21.8 Å². The minimum Gasteiger partial charge on any atom is -0.497 e. The molecule has 0 radical (unpaired) electrons. The van der Waals surface area contributed by atoms with Gasteiger partial charge in [0, 0.05) is 11.4 Å². The SMILES string of the molecule is COc1ccc(OC)c(C(=O)NC(C)CCBr)c1. The molecule has 1 aromatic rings. The molecule has 4 nitrogen and oxygen atoms in total. The molecular formula is C13H18BrNO3. The summed E-state index contributed by atoms with van der Waals surface area (Å²) in [5.41, 5.74) is 0.485. The standard InChI is InChI=1S/C13H18BrNO3/c1-9(6-7-14)15-13(16)11-8-10(17-2)4-5-12(11)18-3/h4-5,8-9H,6-7H2,1-3H3,(H,15,16). The molecule has 0 aliphatic heterocycles. The quantitative estimate of drug-likeness (QED) is 0.821. The number of halogens is 1. The molecule has 1 rings (SSSR count). The van der Waals surface area contributed by atoms with Crippen molar-refractivity contribution in [3.8, 4) is 11.5 Å². The van der Waals surface area contributed by atoms with E-state index in [0.29, 0.717) is 17.1 Å². The highest BCUT2D eigenvalue weighted by Crippen LogP contribution is 2.23. The zero-order valence-electron chi connectivity index (χ0n) is 10.8. The van der Waals surface area contributed by atoms with E-state index in [0.717, 1.165) is 11.8 Å². The summed E-state index contributed by atoms with van der Waals surface area (Å²) in [6.45, 7) is 1.96. The second-order valence-electron chi connectivity index (χ2n) is 3.92. The van der Waals surface area contributed by atoms with Crippen molar-refractivity contribution < 1.29 is 14.3 Å². The third-order valence-corrected chi connectivity index (χ3v) is 3.03. The minimum absolute atomic E-state index is 0.104. The van der Waals surface area contributed by atoms with Crippen molar-refractivity contribution in [3.63, 3.8) is 0 Å². The molecule has 1 amide bonds. The van der Waals surface area contributed by atoms with Crippen molar-refractivity contribution in [2.75, 3.05) is 19.5 Å². The number of nitrogens with one attached hydrogen (secondary N) is 1. The lowest BCUT2D eigenvalue weighted by Gasteiger charge is -2.15. The predicted octanol–water partition coefficient (Wildman–Crippen LogP) is 2.61. The van der Waals surface area contributed by atoms with Gasteiger partial charge in [-0.1, -0.05) is 15.9 Å². The van der Waals surface area contributed by atoms with E-state index in [9.17, 15) is 4.79 Å². The average Bonchev–Trinajstić information content (AvgIpc) is 2.38. The first kappa shape index (κ1) is 14.8. The number of methoxy groups -OCH3 is 2. The van der Waals surface area contributed by atoms with Crippen LogP contribution in [0.5, 0.6) is 11.5 Å². The Morgan fingerprint density at radius 3 is 2.67 bits per heavy atom. The van der Waals surface area contributed by atoms with Crippen LogP contribution in [0.25, 0.3) is 0 Å². The molecule has 0 heterocycles. The van der Waals surface area contributed by atoms with E-state index < -0.39 is 0 Å². The molecule has 1 N–H and O–H groups in total. The summed E-state index contributed by atoms with van der Waals surface area (Å²) in [5.74, 6) is 1.02. The Morgan fingerprint density at radius 1 is 1.39 bits per heavy atom. The molecule has 0 aliphatic rings. The summed E-state index contributed by atoms with van der Waals surface area (Å²) in [6.07, 6.45) is 0.873. The predicted molar refractivity (Wildman–Crippen MR) is 74.9 cm³/mol. The molecular weight excluding hydrogens is 298 g/mol. The van der Waals surface area contributed by atoms with Gasteiger partial charge in [0.2, 0.25) is 0 Å². The van der Waals surface area contributed by atoms with Crippen LogP contribution in [0.2, 0.25) is 0 Å². The van der Waals surface area contributed by atoms with Crippen LogP contribution in [0.4, 0.5) is 0 Å². The zero-order chi connectivity index (χ0) is 13.5. The van der Waals surface area contributed by atoms with E-state index in [1.165, 1.54) is 0 Å². The van der Waals surface area contributed by atoms with Crippen molar-refractivity contribution in [1.82, 2.24) is 5.32 Å². The lowest BCUT2D eigenvalue weighted by Crippen LogP contribution is -2.33. The van der Waals surface area contributed by atoms with Gasteiger partial charge in [-0.15, -0.1) is 0 Å².